The van der Waals surface area contributed by atoms with Crippen molar-refractivity contribution in [3.63, 3.8) is 0 Å². The average Bonchev–Trinajstić information content (AvgIpc) is 3.03. The molecule has 1 atom stereocenters. The zero-order chi connectivity index (χ0) is 23.3. The third kappa shape index (κ3) is 5.16. The van der Waals surface area contributed by atoms with Crippen LogP contribution in [0.5, 0.6) is 11.6 Å². The number of halogens is 1. The lowest BCUT2D eigenvalue weighted by atomic mass is 10.1. The Balaban J connectivity index is 1.40. The van der Waals surface area contributed by atoms with E-state index in [0.717, 1.165) is 28.1 Å². The largest absolute Gasteiger partial charge is 0.497 e. The molecule has 6 nitrogen and oxygen atoms in total. The van der Waals surface area contributed by atoms with Crippen LogP contribution in [0.15, 0.2) is 84.0 Å². The van der Waals surface area contributed by atoms with Crippen LogP contribution in [0.2, 0.25) is 5.02 Å². The first kappa shape index (κ1) is 22.3. The lowest BCUT2D eigenvalue weighted by Gasteiger charge is -2.15. The molecule has 0 aliphatic carbocycles. The van der Waals surface area contributed by atoms with Crippen LogP contribution in [0.4, 0.5) is 5.69 Å². The number of hydrogen-bond donors (Lipinski definition) is 1. The molecule has 0 amide bonds. The number of aromatic nitrogens is 3. The molecule has 1 aliphatic rings. The maximum absolute atomic E-state index is 6.25. The van der Waals surface area contributed by atoms with Gasteiger partial charge in [-0.15, -0.1) is 10.2 Å². The van der Waals surface area contributed by atoms with Crippen molar-refractivity contribution in [3.05, 3.63) is 95.0 Å². The van der Waals surface area contributed by atoms with Crippen molar-refractivity contribution in [2.24, 2.45) is 0 Å². The van der Waals surface area contributed by atoms with E-state index in [9.17, 15) is 0 Å². The molecule has 0 saturated carbocycles. The number of nitrogens with one attached hydrogen (secondary N) is 1. The SMILES string of the molecule is COc1ccc(/C=C/[C@@H]2Nc3ccccc3-c3nnc(SCc4ccc(Cl)cc4)nc3O2)cc1. The van der Waals surface area contributed by atoms with E-state index in [1.807, 2.05) is 84.9 Å². The van der Waals surface area contributed by atoms with Gasteiger partial charge in [-0.2, -0.15) is 4.98 Å². The van der Waals surface area contributed by atoms with Gasteiger partial charge in [0.1, 0.15) is 5.75 Å². The second kappa shape index (κ2) is 10.2. The lowest BCUT2D eigenvalue weighted by Crippen LogP contribution is -2.23. The van der Waals surface area contributed by atoms with Gasteiger partial charge in [0.15, 0.2) is 11.9 Å². The molecule has 34 heavy (non-hydrogen) atoms. The van der Waals surface area contributed by atoms with E-state index in [1.54, 1.807) is 7.11 Å². The molecule has 0 spiro atoms. The first-order chi connectivity index (χ1) is 16.7. The molecule has 0 bridgehead atoms. The molecule has 0 unspecified atom stereocenters. The topological polar surface area (TPSA) is 69.2 Å². The summed E-state index contributed by atoms with van der Waals surface area (Å²) in [7, 11) is 1.65. The average molecular weight is 489 g/mol. The van der Waals surface area contributed by atoms with Crippen LogP contribution in [0.3, 0.4) is 0 Å². The summed E-state index contributed by atoms with van der Waals surface area (Å²) in [5.41, 5.74) is 4.57. The minimum absolute atomic E-state index is 0.435. The predicted octanol–water partition coefficient (Wildman–Crippen LogP) is 6.34. The fraction of sp³-hybridized carbons (Fsp3) is 0.115. The van der Waals surface area contributed by atoms with E-state index in [-0.39, 0.29) is 0 Å². The van der Waals surface area contributed by atoms with Gasteiger partial charge in [-0.05, 0) is 47.5 Å². The highest BCUT2D eigenvalue weighted by Gasteiger charge is 2.23. The molecular weight excluding hydrogens is 468 g/mol. The smallest absolute Gasteiger partial charge is 0.247 e. The number of fused-ring (bicyclic) bond motifs is 3. The molecule has 0 fully saturated rings. The molecule has 1 N–H and O–H groups in total. The number of rotatable bonds is 6. The molecule has 0 radical (unpaired) electrons. The van der Waals surface area contributed by atoms with Gasteiger partial charge in [-0.3, -0.25) is 0 Å². The van der Waals surface area contributed by atoms with E-state index in [4.69, 9.17) is 21.1 Å². The molecule has 5 rings (SSSR count). The highest BCUT2D eigenvalue weighted by molar-refractivity contribution is 7.98. The first-order valence-corrected chi connectivity index (χ1v) is 12.0. The van der Waals surface area contributed by atoms with Crippen LogP contribution in [0.1, 0.15) is 11.1 Å². The molecule has 1 aromatic heterocycles. The second-order valence-electron chi connectivity index (χ2n) is 7.52. The molecule has 170 valence electrons. The molecule has 0 saturated heterocycles. The third-order valence-corrected chi connectivity index (χ3v) is 6.38. The highest BCUT2D eigenvalue weighted by Crippen LogP contribution is 2.36. The van der Waals surface area contributed by atoms with E-state index >= 15 is 0 Å². The fourth-order valence-corrected chi connectivity index (χ4v) is 4.32. The van der Waals surface area contributed by atoms with E-state index < -0.39 is 6.23 Å². The van der Waals surface area contributed by atoms with Gasteiger partial charge >= 0.3 is 0 Å². The molecule has 8 heteroatoms. The molecule has 2 heterocycles. The lowest BCUT2D eigenvalue weighted by molar-refractivity contribution is 0.266. The Labute approximate surface area is 207 Å². The van der Waals surface area contributed by atoms with Crippen molar-refractivity contribution in [1.82, 2.24) is 15.2 Å². The van der Waals surface area contributed by atoms with Gasteiger partial charge in [0.05, 0.1) is 7.11 Å². The number of thioether (sulfide) groups is 1. The number of hydrogen-bond acceptors (Lipinski definition) is 7. The zero-order valence-electron chi connectivity index (χ0n) is 18.3. The molecule has 1 aliphatic heterocycles. The van der Waals surface area contributed by atoms with Gasteiger partial charge in [0.2, 0.25) is 11.0 Å². The molecular formula is C26H21ClN4O2S. The van der Waals surface area contributed by atoms with Gasteiger partial charge in [0.25, 0.3) is 0 Å². The summed E-state index contributed by atoms with van der Waals surface area (Å²) in [6, 6.07) is 23.5. The fourth-order valence-electron chi connectivity index (χ4n) is 3.46. The Morgan fingerprint density at radius 3 is 2.62 bits per heavy atom. The summed E-state index contributed by atoms with van der Waals surface area (Å²) in [5, 5.41) is 13.5. The van der Waals surface area contributed by atoms with Crippen molar-refractivity contribution in [1.29, 1.82) is 0 Å². The Morgan fingerprint density at radius 2 is 1.82 bits per heavy atom. The second-order valence-corrected chi connectivity index (χ2v) is 8.90. The Morgan fingerprint density at radius 1 is 1.03 bits per heavy atom. The summed E-state index contributed by atoms with van der Waals surface area (Å²) in [4.78, 5) is 4.68. The van der Waals surface area contributed by atoms with Crippen molar-refractivity contribution < 1.29 is 9.47 Å². The van der Waals surface area contributed by atoms with Gasteiger partial charge < -0.3 is 14.8 Å². The number of ether oxygens (including phenoxy) is 2. The van der Waals surface area contributed by atoms with E-state index in [0.29, 0.717) is 27.5 Å². The normalized spacial score (nSPS) is 14.5. The Kier molecular flexibility index (Phi) is 6.65. The Hall–Kier alpha value is -3.55. The maximum atomic E-state index is 6.25. The number of benzene rings is 3. The van der Waals surface area contributed by atoms with Crippen molar-refractivity contribution in [2.45, 2.75) is 17.1 Å². The van der Waals surface area contributed by atoms with Gasteiger partial charge in [-0.1, -0.05) is 71.9 Å². The van der Waals surface area contributed by atoms with Gasteiger partial charge in [0, 0.05) is 22.0 Å². The minimum atomic E-state index is -0.435. The highest BCUT2D eigenvalue weighted by atomic mass is 35.5. The van der Waals surface area contributed by atoms with Crippen LogP contribution in [-0.4, -0.2) is 28.5 Å². The maximum Gasteiger partial charge on any atom is 0.247 e. The third-order valence-electron chi connectivity index (χ3n) is 5.21. The van der Waals surface area contributed by atoms with Crippen LogP contribution in [0.25, 0.3) is 17.3 Å². The quantitative estimate of drug-likeness (QED) is 0.318. The predicted molar refractivity (Wildman–Crippen MR) is 136 cm³/mol. The van der Waals surface area contributed by atoms with Crippen LogP contribution in [-0.2, 0) is 5.75 Å². The monoisotopic (exact) mass is 488 g/mol. The van der Waals surface area contributed by atoms with E-state index in [1.165, 1.54) is 11.8 Å². The van der Waals surface area contributed by atoms with Gasteiger partial charge in [-0.25, -0.2) is 0 Å². The van der Waals surface area contributed by atoms with Crippen molar-refractivity contribution >= 4 is 35.1 Å². The zero-order valence-corrected chi connectivity index (χ0v) is 19.9. The van der Waals surface area contributed by atoms with E-state index in [2.05, 4.69) is 20.5 Å². The van der Waals surface area contributed by atoms with Crippen LogP contribution in [0, 0.1) is 0 Å². The van der Waals surface area contributed by atoms with Crippen LogP contribution < -0.4 is 14.8 Å². The summed E-state index contributed by atoms with van der Waals surface area (Å²) < 4.78 is 11.5. The number of nitrogens with zero attached hydrogens (tertiary/aromatic N) is 3. The number of methoxy groups -OCH3 is 1. The van der Waals surface area contributed by atoms with Crippen molar-refractivity contribution in [2.75, 3.05) is 12.4 Å². The first-order valence-electron chi connectivity index (χ1n) is 10.6. The Bertz CT molecular complexity index is 1310. The van der Waals surface area contributed by atoms with Crippen LogP contribution >= 0.6 is 23.4 Å². The molecule has 3 aromatic carbocycles. The number of anilines is 1. The minimum Gasteiger partial charge on any atom is -0.497 e. The number of para-hydroxylation sites is 1. The summed E-state index contributed by atoms with van der Waals surface area (Å²) in [6.45, 7) is 0. The molecule has 4 aromatic rings. The van der Waals surface area contributed by atoms with Crippen molar-refractivity contribution in [3.8, 4) is 22.9 Å². The summed E-state index contributed by atoms with van der Waals surface area (Å²) in [6.07, 6.45) is 3.52. The summed E-state index contributed by atoms with van der Waals surface area (Å²) >= 11 is 7.48. The summed E-state index contributed by atoms with van der Waals surface area (Å²) in [5.74, 6) is 1.96. The standard InChI is InChI=1S/C26H21ClN4O2S/c1-32-20-13-8-17(9-14-20)10-15-23-28-22-5-3-2-4-21(22)24-25(33-23)29-26(31-30-24)34-16-18-6-11-19(27)12-7-18/h2-15,23,28H,16H2,1H3/b15-10+/t23-/m1/s1.